The van der Waals surface area contributed by atoms with E-state index in [0.717, 1.165) is 10.7 Å². The van der Waals surface area contributed by atoms with Crippen LogP contribution >= 0.6 is 11.3 Å². The number of para-hydroxylation sites is 1. The summed E-state index contributed by atoms with van der Waals surface area (Å²) in [4.78, 5) is 16.8. The Morgan fingerprint density at radius 1 is 0.967 bits per heavy atom. The molecule has 0 aliphatic heterocycles. The van der Waals surface area contributed by atoms with E-state index >= 15 is 0 Å². The zero-order valence-corrected chi connectivity index (χ0v) is 16.3. The molecule has 0 amide bonds. The van der Waals surface area contributed by atoms with Gasteiger partial charge in [0.25, 0.3) is 0 Å². The minimum Gasteiger partial charge on any atom is -0.287 e. The number of benzene rings is 2. The maximum atomic E-state index is 14.9. The molecule has 5 rings (SSSR count). The molecule has 30 heavy (non-hydrogen) atoms. The van der Waals surface area contributed by atoms with Crippen molar-refractivity contribution in [2.75, 3.05) is 0 Å². The van der Waals surface area contributed by atoms with Crippen LogP contribution in [-0.2, 0) is 0 Å². The first-order valence-corrected chi connectivity index (χ1v) is 9.98. The number of hydrogen-bond acceptors (Lipinski definition) is 5. The van der Waals surface area contributed by atoms with Gasteiger partial charge in [-0.25, -0.2) is 18.7 Å². The smallest absolute Gasteiger partial charge is 0.209 e. The van der Waals surface area contributed by atoms with Crippen molar-refractivity contribution in [3.05, 3.63) is 101 Å². The summed E-state index contributed by atoms with van der Waals surface area (Å²) in [6, 6.07) is 17.4. The first-order chi connectivity index (χ1) is 14.7. The Bertz CT molecular complexity index is 1380. The molecule has 0 N–H and O–H groups in total. The number of rotatable bonds is 4. The van der Waals surface area contributed by atoms with Gasteiger partial charge in [-0.05, 0) is 36.4 Å². The van der Waals surface area contributed by atoms with E-state index in [1.807, 2.05) is 35.7 Å². The van der Waals surface area contributed by atoms with Crippen molar-refractivity contribution in [2.45, 2.75) is 0 Å². The van der Waals surface area contributed by atoms with Crippen LogP contribution in [0.25, 0.3) is 33.3 Å². The van der Waals surface area contributed by atoms with Crippen LogP contribution in [0.5, 0.6) is 0 Å². The molecule has 0 aliphatic rings. The minimum atomic E-state index is -0.457. The highest BCUT2D eigenvalue weighted by atomic mass is 32.1. The molecule has 0 aliphatic carbocycles. The second kappa shape index (κ2) is 7.49. The summed E-state index contributed by atoms with van der Waals surface area (Å²) in [5.74, 6) is -0.457. The van der Waals surface area contributed by atoms with Gasteiger partial charge in [0.15, 0.2) is 5.69 Å². The Labute approximate surface area is 174 Å². The average Bonchev–Trinajstić information content (AvgIpc) is 3.47. The van der Waals surface area contributed by atoms with Crippen LogP contribution in [0.15, 0.2) is 89.4 Å². The van der Waals surface area contributed by atoms with Gasteiger partial charge in [0.1, 0.15) is 16.5 Å². The summed E-state index contributed by atoms with van der Waals surface area (Å²) in [5.41, 5.74) is 2.16. The summed E-state index contributed by atoms with van der Waals surface area (Å²) < 4.78 is 17.9. The van der Waals surface area contributed by atoms with Crippen molar-refractivity contribution in [2.24, 2.45) is 0 Å². The number of hydrogen-bond donors (Lipinski definition) is 0. The van der Waals surface area contributed by atoms with E-state index in [2.05, 4.69) is 15.2 Å². The molecule has 0 spiro atoms. The van der Waals surface area contributed by atoms with Crippen molar-refractivity contribution in [1.29, 1.82) is 0 Å². The predicted octanol–water partition coefficient (Wildman–Crippen LogP) is 4.35. The van der Waals surface area contributed by atoms with Gasteiger partial charge in [-0.2, -0.15) is 10.2 Å². The predicted molar refractivity (Wildman–Crippen MR) is 113 cm³/mol. The molecule has 3 aromatic heterocycles. The normalized spacial score (nSPS) is 11.0. The molecule has 0 radical (unpaired) electrons. The number of nitrogens with zero attached hydrogens (tertiary/aromatic N) is 5. The maximum Gasteiger partial charge on any atom is 0.209 e. The number of halogens is 1. The van der Waals surface area contributed by atoms with Crippen LogP contribution < -0.4 is 5.43 Å². The molecule has 0 fully saturated rings. The van der Waals surface area contributed by atoms with Crippen molar-refractivity contribution >= 4 is 11.3 Å². The summed E-state index contributed by atoms with van der Waals surface area (Å²) in [7, 11) is 0. The lowest BCUT2D eigenvalue weighted by Gasteiger charge is -2.11. The van der Waals surface area contributed by atoms with Crippen LogP contribution in [-0.4, -0.2) is 24.5 Å². The Kier molecular flexibility index (Phi) is 4.53. The van der Waals surface area contributed by atoms with E-state index < -0.39 is 5.82 Å². The lowest BCUT2D eigenvalue weighted by Crippen LogP contribution is -2.15. The second-order valence-electron chi connectivity index (χ2n) is 6.44. The molecule has 0 bridgehead atoms. The first-order valence-electron chi connectivity index (χ1n) is 9.10. The van der Waals surface area contributed by atoms with Gasteiger partial charge in [-0.1, -0.05) is 18.2 Å². The van der Waals surface area contributed by atoms with Crippen LogP contribution in [0.4, 0.5) is 4.39 Å². The molecule has 0 atom stereocenters. The molecular weight excluding hydrogens is 401 g/mol. The Balaban J connectivity index is 1.59. The van der Waals surface area contributed by atoms with Gasteiger partial charge in [-0.3, -0.25) is 4.79 Å². The van der Waals surface area contributed by atoms with E-state index in [1.54, 1.807) is 35.3 Å². The zero-order valence-electron chi connectivity index (χ0n) is 15.5. The number of aromatic nitrogens is 5. The Morgan fingerprint density at radius 3 is 2.60 bits per heavy atom. The van der Waals surface area contributed by atoms with Crippen molar-refractivity contribution < 1.29 is 4.39 Å². The van der Waals surface area contributed by atoms with Gasteiger partial charge < -0.3 is 0 Å². The monoisotopic (exact) mass is 415 g/mol. The summed E-state index contributed by atoms with van der Waals surface area (Å²) in [6.07, 6.45) is 4.73. The van der Waals surface area contributed by atoms with Gasteiger partial charge in [0, 0.05) is 29.4 Å². The third-order valence-corrected chi connectivity index (χ3v) is 5.39. The minimum absolute atomic E-state index is 0.183. The van der Waals surface area contributed by atoms with E-state index in [0.29, 0.717) is 11.3 Å². The largest absolute Gasteiger partial charge is 0.287 e. The Hall–Kier alpha value is -3.91. The van der Waals surface area contributed by atoms with Crippen molar-refractivity contribution in [3.63, 3.8) is 0 Å². The molecule has 0 saturated heterocycles. The summed E-state index contributed by atoms with van der Waals surface area (Å²) in [5, 5.41) is 11.3. The quantitative estimate of drug-likeness (QED) is 0.438. The van der Waals surface area contributed by atoms with E-state index in [-0.39, 0.29) is 16.8 Å². The van der Waals surface area contributed by atoms with Gasteiger partial charge in [-0.15, -0.1) is 11.3 Å². The average molecular weight is 415 g/mol. The fraction of sp³-hybridized carbons (Fsp3) is 0. The van der Waals surface area contributed by atoms with Gasteiger partial charge >= 0.3 is 0 Å². The third kappa shape index (κ3) is 3.23. The third-order valence-electron chi connectivity index (χ3n) is 4.57. The highest BCUT2D eigenvalue weighted by Gasteiger charge is 2.15. The fourth-order valence-corrected chi connectivity index (χ4v) is 3.80. The number of thiazole rings is 1. The molecule has 6 nitrogen and oxygen atoms in total. The highest BCUT2D eigenvalue weighted by molar-refractivity contribution is 7.13. The molecular formula is C22H14FN5OS. The molecule has 0 saturated carbocycles. The standard InChI is InChI=1S/C22H14FN5OS/c23-17-14-15(22-24-11-13-30-22)6-7-18(17)27-12-9-20(29)21(26-27)19-8-10-25-28(19)16-4-2-1-3-5-16/h1-14H. The molecule has 8 heteroatoms. The van der Waals surface area contributed by atoms with Crippen LogP contribution in [0.1, 0.15) is 0 Å². The lowest BCUT2D eigenvalue weighted by atomic mass is 10.2. The fourth-order valence-electron chi connectivity index (χ4n) is 3.17. The molecule has 5 aromatic rings. The van der Waals surface area contributed by atoms with Crippen molar-refractivity contribution in [1.82, 2.24) is 24.5 Å². The molecule has 0 unspecified atom stereocenters. The SMILES string of the molecule is O=c1ccn(-c2ccc(-c3nccs3)cc2F)nc1-c1ccnn1-c1ccccc1. The molecule has 3 heterocycles. The van der Waals surface area contributed by atoms with Crippen LogP contribution in [0.2, 0.25) is 0 Å². The van der Waals surface area contributed by atoms with E-state index in [9.17, 15) is 9.18 Å². The Morgan fingerprint density at radius 2 is 1.83 bits per heavy atom. The topological polar surface area (TPSA) is 65.6 Å². The second-order valence-corrected chi connectivity index (χ2v) is 7.33. The van der Waals surface area contributed by atoms with Crippen LogP contribution in [0, 0.1) is 5.82 Å². The van der Waals surface area contributed by atoms with Gasteiger partial charge in [0.2, 0.25) is 5.43 Å². The first kappa shape index (κ1) is 18.1. The molecule has 146 valence electrons. The zero-order chi connectivity index (χ0) is 20.5. The van der Waals surface area contributed by atoms with Gasteiger partial charge in [0.05, 0.1) is 17.6 Å². The molecule has 2 aromatic carbocycles. The van der Waals surface area contributed by atoms with Crippen molar-refractivity contribution in [3.8, 4) is 33.3 Å². The maximum absolute atomic E-state index is 14.9. The van der Waals surface area contributed by atoms with E-state index in [1.165, 1.54) is 34.3 Å². The van der Waals surface area contributed by atoms with Crippen LogP contribution in [0.3, 0.4) is 0 Å². The summed E-state index contributed by atoms with van der Waals surface area (Å²) in [6.45, 7) is 0. The highest BCUT2D eigenvalue weighted by Crippen LogP contribution is 2.25. The van der Waals surface area contributed by atoms with E-state index in [4.69, 9.17) is 0 Å². The summed E-state index contributed by atoms with van der Waals surface area (Å²) >= 11 is 1.44. The lowest BCUT2D eigenvalue weighted by molar-refractivity contribution is 0.609.